The van der Waals surface area contributed by atoms with Gasteiger partial charge in [0, 0.05) is 31.0 Å². The van der Waals surface area contributed by atoms with Crippen LogP contribution in [-0.2, 0) is 27.7 Å². The third-order valence-corrected chi connectivity index (χ3v) is 9.07. The maximum Gasteiger partial charge on any atom is 0.245 e. The first-order chi connectivity index (χ1) is 16.6. The van der Waals surface area contributed by atoms with Crippen LogP contribution in [0.15, 0.2) is 64.9 Å². The summed E-state index contributed by atoms with van der Waals surface area (Å²) in [7, 11) is -3.82. The number of thiophene rings is 1. The van der Waals surface area contributed by atoms with Crippen LogP contribution in [0.3, 0.4) is 0 Å². The molecule has 1 aliphatic heterocycles. The number of hydrogen-bond acceptors (Lipinski definition) is 8. The van der Waals surface area contributed by atoms with E-state index in [9.17, 15) is 8.42 Å². The maximum absolute atomic E-state index is 13.8. The molecule has 0 saturated carbocycles. The molecule has 2 aromatic carbocycles. The lowest BCUT2D eigenvalue weighted by molar-refractivity contribution is 0.0926. The highest BCUT2D eigenvalue weighted by molar-refractivity contribution is 7.89. The summed E-state index contributed by atoms with van der Waals surface area (Å²) in [5, 5.41) is 2.06. The molecular formula is C24H25N3O4S3. The Bertz CT molecular complexity index is 1330. The van der Waals surface area contributed by atoms with Gasteiger partial charge >= 0.3 is 0 Å². The van der Waals surface area contributed by atoms with Crippen molar-refractivity contribution in [3.8, 4) is 5.75 Å². The normalized spacial score (nSPS) is 16.4. The van der Waals surface area contributed by atoms with Gasteiger partial charge in [-0.15, -0.1) is 11.3 Å². The van der Waals surface area contributed by atoms with Gasteiger partial charge in [0.25, 0.3) is 0 Å². The van der Waals surface area contributed by atoms with Crippen molar-refractivity contribution in [2.24, 2.45) is 0 Å². The number of benzene rings is 2. The van der Waals surface area contributed by atoms with Gasteiger partial charge in [-0.2, -0.15) is 13.1 Å². The molecule has 2 aromatic heterocycles. The molecule has 0 spiro atoms. The van der Waals surface area contributed by atoms with Crippen molar-refractivity contribution in [1.82, 2.24) is 13.1 Å². The van der Waals surface area contributed by atoms with Crippen LogP contribution in [0.5, 0.6) is 5.75 Å². The highest BCUT2D eigenvalue weighted by atomic mass is 32.2. The van der Waals surface area contributed by atoms with Crippen LogP contribution in [0.2, 0.25) is 0 Å². The smallest absolute Gasteiger partial charge is 0.245 e. The first-order valence-corrected chi connectivity index (χ1v) is 14.2. The fraction of sp³-hybridized carbons (Fsp3) is 0.333. The third-order valence-electron chi connectivity index (χ3n) is 5.75. The number of fused-ring (bicyclic) bond motifs is 1. The minimum atomic E-state index is -3.82. The van der Waals surface area contributed by atoms with Crippen LogP contribution >= 0.6 is 23.1 Å². The fourth-order valence-corrected chi connectivity index (χ4v) is 6.96. The highest BCUT2D eigenvalue weighted by Gasteiger charge is 2.31. The van der Waals surface area contributed by atoms with Crippen molar-refractivity contribution in [3.05, 3.63) is 70.4 Å². The molecule has 0 unspecified atom stereocenters. The molecular weight excluding hydrogens is 490 g/mol. The Hall–Kier alpha value is -2.37. The van der Waals surface area contributed by atoms with Gasteiger partial charge in [-0.3, -0.25) is 0 Å². The van der Waals surface area contributed by atoms with Gasteiger partial charge in [-0.1, -0.05) is 24.3 Å². The van der Waals surface area contributed by atoms with Crippen LogP contribution in [0.4, 0.5) is 0 Å². The van der Waals surface area contributed by atoms with E-state index < -0.39 is 10.0 Å². The van der Waals surface area contributed by atoms with Gasteiger partial charge in [0.2, 0.25) is 10.0 Å². The molecule has 3 heterocycles. The van der Waals surface area contributed by atoms with E-state index in [0.717, 1.165) is 42.3 Å². The molecule has 1 fully saturated rings. The van der Waals surface area contributed by atoms with Crippen LogP contribution in [0.25, 0.3) is 11.0 Å². The largest absolute Gasteiger partial charge is 0.493 e. The van der Waals surface area contributed by atoms with Gasteiger partial charge in [0.05, 0.1) is 24.4 Å². The number of ether oxygens (including phenoxy) is 2. The molecule has 7 nitrogen and oxygen atoms in total. The lowest BCUT2D eigenvalue weighted by Gasteiger charge is -2.25. The summed E-state index contributed by atoms with van der Waals surface area (Å²) >= 11 is 2.73. The number of nitrogens with zero attached hydrogens (tertiary/aromatic N) is 3. The van der Waals surface area contributed by atoms with Crippen LogP contribution in [0, 0.1) is 0 Å². The summed E-state index contributed by atoms with van der Waals surface area (Å²) in [6.45, 7) is 1.75. The summed E-state index contributed by atoms with van der Waals surface area (Å²) in [4.78, 5) is 1.45. The zero-order chi connectivity index (χ0) is 23.4. The Kier molecular flexibility index (Phi) is 7.21. The molecule has 0 aliphatic carbocycles. The Balaban J connectivity index is 1.37. The van der Waals surface area contributed by atoms with Crippen LogP contribution in [0.1, 0.15) is 23.3 Å². The molecule has 1 aliphatic rings. The number of aromatic nitrogens is 2. The van der Waals surface area contributed by atoms with Crippen molar-refractivity contribution in [1.29, 1.82) is 0 Å². The van der Waals surface area contributed by atoms with E-state index in [0.29, 0.717) is 30.8 Å². The topological polar surface area (TPSA) is 81.6 Å². The highest BCUT2D eigenvalue weighted by Crippen LogP contribution is 2.28. The fourth-order valence-electron chi connectivity index (χ4n) is 4.05. The second-order valence-corrected chi connectivity index (χ2v) is 11.6. The molecule has 34 heavy (non-hydrogen) atoms. The van der Waals surface area contributed by atoms with E-state index in [1.54, 1.807) is 29.5 Å². The average Bonchev–Trinajstić information content (AvgIpc) is 3.61. The Morgan fingerprint density at radius 1 is 1.12 bits per heavy atom. The molecule has 178 valence electrons. The number of sulfonamides is 1. The molecule has 1 saturated heterocycles. The molecule has 10 heteroatoms. The lowest BCUT2D eigenvalue weighted by Crippen LogP contribution is -2.37. The van der Waals surface area contributed by atoms with Gasteiger partial charge in [0.15, 0.2) is 0 Å². The molecule has 1 atom stereocenters. The van der Waals surface area contributed by atoms with Gasteiger partial charge in [0.1, 0.15) is 21.7 Å². The minimum Gasteiger partial charge on any atom is -0.493 e. The monoisotopic (exact) mass is 515 g/mol. The minimum absolute atomic E-state index is 0.118. The van der Waals surface area contributed by atoms with Crippen LogP contribution < -0.4 is 4.74 Å². The number of rotatable bonds is 10. The van der Waals surface area contributed by atoms with Gasteiger partial charge < -0.3 is 9.47 Å². The molecule has 0 amide bonds. The molecule has 4 aromatic rings. The van der Waals surface area contributed by atoms with E-state index >= 15 is 0 Å². The summed E-state index contributed by atoms with van der Waals surface area (Å²) < 4.78 is 49.3. The third kappa shape index (κ3) is 5.31. The Morgan fingerprint density at radius 3 is 2.85 bits per heavy atom. The molecule has 5 rings (SSSR count). The van der Waals surface area contributed by atoms with Crippen molar-refractivity contribution < 1.29 is 17.9 Å². The summed E-state index contributed by atoms with van der Waals surface area (Å²) in [5.41, 5.74) is 1.86. The standard InChI is InChI=1S/C24H25N3O4S3/c28-34(29,23-10-2-9-22-24(23)26-33-25-22)27(17-20-7-3-12-30-20)16-18-5-1-6-19(15-18)31-13-11-21-8-4-14-32-21/h1-2,4-6,8-10,14-15,20H,3,7,11-13,16-17H2/t20-/m0/s1. The van der Waals surface area contributed by atoms with E-state index in [4.69, 9.17) is 9.47 Å². The Morgan fingerprint density at radius 2 is 2.03 bits per heavy atom. The lowest BCUT2D eigenvalue weighted by atomic mass is 10.2. The van der Waals surface area contributed by atoms with Gasteiger partial charge in [-0.05, 0) is 54.1 Å². The average molecular weight is 516 g/mol. The number of hydrogen-bond donors (Lipinski definition) is 0. The first-order valence-electron chi connectivity index (χ1n) is 11.2. The van der Waals surface area contributed by atoms with E-state index in [2.05, 4.69) is 20.2 Å². The first kappa shape index (κ1) is 23.4. The van der Waals surface area contributed by atoms with Crippen molar-refractivity contribution in [2.45, 2.75) is 36.8 Å². The van der Waals surface area contributed by atoms with E-state index in [-0.39, 0.29) is 17.5 Å². The van der Waals surface area contributed by atoms with E-state index in [1.807, 2.05) is 30.3 Å². The predicted octanol–water partition coefficient (Wildman–Crippen LogP) is 4.74. The zero-order valence-corrected chi connectivity index (χ0v) is 20.9. The van der Waals surface area contributed by atoms with E-state index in [1.165, 1.54) is 9.18 Å². The van der Waals surface area contributed by atoms with Crippen LogP contribution in [-0.4, -0.2) is 47.3 Å². The second kappa shape index (κ2) is 10.5. The van der Waals surface area contributed by atoms with Crippen molar-refractivity contribution >= 4 is 44.1 Å². The van der Waals surface area contributed by atoms with Crippen molar-refractivity contribution in [3.63, 3.8) is 0 Å². The second-order valence-electron chi connectivity index (χ2n) is 8.15. The molecule has 0 radical (unpaired) electrons. The van der Waals surface area contributed by atoms with Gasteiger partial charge in [-0.25, -0.2) is 8.42 Å². The summed E-state index contributed by atoms with van der Waals surface area (Å²) in [6.07, 6.45) is 2.51. The Labute approximate surface area is 207 Å². The predicted molar refractivity (Wildman–Crippen MR) is 134 cm³/mol. The summed E-state index contributed by atoms with van der Waals surface area (Å²) in [6, 6.07) is 16.9. The molecule has 0 N–H and O–H groups in total. The summed E-state index contributed by atoms with van der Waals surface area (Å²) in [5.74, 6) is 0.731. The maximum atomic E-state index is 13.8. The quantitative estimate of drug-likeness (QED) is 0.303. The molecule has 0 bridgehead atoms. The zero-order valence-electron chi connectivity index (χ0n) is 18.5. The SMILES string of the molecule is O=S(=O)(c1cccc2nsnc12)N(Cc1cccc(OCCc2cccs2)c1)C[C@@H]1CCCO1. The van der Waals surface area contributed by atoms with Crippen molar-refractivity contribution in [2.75, 3.05) is 19.8 Å².